The molecule has 0 N–H and O–H groups in total. The summed E-state index contributed by atoms with van der Waals surface area (Å²) < 4.78 is 31.5. The highest BCUT2D eigenvalue weighted by Crippen LogP contribution is 2.17. The number of amides is 1. The van der Waals surface area contributed by atoms with E-state index < -0.39 is 21.7 Å². The van der Waals surface area contributed by atoms with Crippen molar-refractivity contribution in [3.8, 4) is 5.75 Å². The number of methoxy groups -OCH3 is 1. The molecule has 0 aliphatic rings. The highest BCUT2D eigenvalue weighted by molar-refractivity contribution is 7.90. The number of carbonyl (C=O) groups is 1. The van der Waals surface area contributed by atoms with Crippen molar-refractivity contribution in [2.24, 2.45) is 0 Å². The smallest absolute Gasteiger partial charge is 0.350 e. The maximum atomic E-state index is 12.6. The fraction of sp³-hybridized carbons (Fsp3) is 0.333. The maximum absolute atomic E-state index is 12.6. The Kier molecular flexibility index (Phi) is 5.13. The van der Waals surface area contributed by atoms with Crippen LogP contribution in [0.3, 0.4) is 0 Å². The number of nitrogens with zero attached hydrogens (tertiary/aromatic N) is 3. The van der Waals surface area contributed by atoms with Gasteiger partial charge in [0.25, 0.3) is 10.0 Å². The second-order valence-electron chi connectivity index (χ2n) is 4.88. The fourth-order valence-corrected chi connectivity index (χ4v) is 3.41. The number of rotatable bonds is 5. The van der Waals surface area contributed by atoms with Crippen LogP contribution in [0.5, 0.6) is 5.75 Å². The van der Waals surface area contributed by atoms with Crippen LogP contribution >= 0.6 is 0 Å². The van der Waals surface area contributed by atoms with E-state index in [4.69, 9.17) is 4.74 Å². The van der Waals surface area contributed by atoms with Crippen LogP contribution in [0.25, 0.3) is 0 Å². The number of aromatic nitrogens is 2. The van der Waals surface area contributed by atoms with Crippen LogP contribution in [0.2, 0.25) is 0 Å². The Morgan fingerprint density at radius 1 is 1.12 bits per heavy atom. The molecule has 1 aromatic carbocycles. The summed E-state index contributed by atoms with van der Waals surface area (Å²) in [6.07, 6.45) is 2.23. The summed E-state index contributed by atoms with van der Waals surface area (Å²) in [6, 6.07) is 5.08. The third kappa shape index (κ3) is 3.07. The zero-order valence-corrected chi connectivity index (χ0v) is 14.5. The molecule has 0 fully saturated rings. The number of benzene rings is 1. The van der Waals surface area contributed by atoms with Crippen molar-refractivity contribution < 1.29 is 17.9 Å². The van der Waals surface area contributed by atoms with Gasteiger partial charge >= 0.3 is 11.7 Å². The molecule has 1 amide bonds. The highest BCUT2D eigenvalue weighted by Gasteiger charge is 2.23. The molecule has 8 nitrogen and oxygen atoms in total. The lowest BCUT2D eigenvalue weighted by Crippen LogP contribution is -2.40. The zero-order valence-electron chi connectivity index (χ0n) is 13.7. The molecule has 0 atom stereocenters. The molecule has 1 aromatic heterocycles. The van der Waals surface area contributed by atoms with Crippen molar-refractivity contribution >= 4 is 16.1 Å². The molecule has 0 spiro atoms. The number of carbonyl (C=O) groups excluding carboxylic acids is 1. The van der Waals surface area contributed by atoms with Gasteiger partial charge in [-0.2, -0.15) is 3.97 Å². The molecule has 9 heteroatoms. The lowest BCUT2D eigenvalue weighted by molar-refractivity contribution is 0.204. The van der Waals surface area contributed by atoms with E-state index in [0.29, 0.717) is 22.8 Å². The maximum Gasteiger partial charge on any atom is 0.350 e. The summed E-state index contributed by atoms with van der Waals surface area (Å²) in [5, 5.41) is 0. The number of imidazole rings is 1. The van der Waals surface area contributed by atoms with Gasteiger partial charge in [-0.15, -0.1) is 0 Å². The van der Waals surface area contributed by atoms with Gasteiger partial charge in [-0.25, -0.2) is 22.6 Å². The predicted molar refractivity (Wildman–Crippen MR) is 88.0 cm³/mol. The summed E-state index contributed by atoms with van der Waals surface area (Å²) in [7, 11) is -2.62. The minimum absolute atomic E-state index is 0.0709. The number of hydrogen-bond acceptors (Lipinski definition) is 5. The molecular formula is C15H19N3O5S. The Morgan fingerprint density at radius 2 is 1.71 bits per heavy atom. The number of ether oxygens (including phenoxy) is 1. The topological polar surface area (TPSA) is 90.6 Å². The Bertz CT molecular complexity index is 877. The van der Waals surface area contributed by atoms with E-state index in [0.717, 1.165) is 17.0 Å². The van der Waals surface area contributed by atoms with Crippen molar-refractivity contribution in [1.29, 1.82) is 0 Å². The van der Waals surface area contributed by atoms with Crippen molar-refractivity contribution in [2.75, 3.05) is 20.2 Å². The van der Waals surface area contributed by atoms with E-state index in [-0.39, 0.29) is 4.90 Å². The van der Waals surface area contributed by atoms with Gasteiger partial charge in [-0.05, 0) is 38.1 Å². The van der Waals surface area contributed by atoms with Crippen LogP contribution in [0.1, 0.15) is 13.8 Å². The normalized spacial score (nSPS) is 11.3. The van der Waals surface area contributed by atoms with Gasteiger partial charge in [0.05, 0.1) is 12.0 Å². The molecule has 2 aromatic rings. The summed E-state index contributed by atoms with van der Waals surface area (Å²) in [6.45, 7) is 4.38. The minimum Gasteiger partial charge on any atom is -0.497 e. The van der Waals surface area contributed by atoms with E-state index in [2.05, 4.69) is 0 Å². The van der Waals surface area contributed by atoms with Crippen LogP contribution in [-0.2, 0) is 10.0 Å². The molecule has 24 heavy (non-hydrogen) atoms. The van der Waals surface area contributed by atoms with Crippen LogP contribution in [-0.4, -0.2) is 48.1 Å². The number of hydrogen-bond donors (Lipinski definition) is 0. The lowest BCUT2D eigenvalue weighted by Gasteiger charge is -2.17. The van der Waals surface area contributed by atoms with Crippen LogP contribution < -0.4 is 10.4 Å². The second-order valence-corrected chi connectivity index (χ2v) is 6.70. The van der Waals surface area contributed by atoms with Gasteiger partial charge in [-0.1, -0.05) is 0 Å². The molecule has 0 bridgehead atoms. The van der Waals surface area contributed by atoms with E-state index >= 15 is 0 Å². The molecule has 0 aliphatic carbocycles. The molecule has 0 radical (unpaired) electrons. The van der Waals surface area contributed by atoms with Crippen LogP contribution in [0.15, 0.2) is 46.3 Å². The molecular weight excluding hydrogens is 334 g/mol. The lowest BCUT2D eigenvalue weighted by atomic mass is 10.3. The molecule has 2 rings (SSSR count). The fourth-order valence-electron chi connectivity index (χ4n) is 2.20. The second kappa shape index (κ2) is 6.91. The van der Waals surface area contributed by atoms with Crippen molar-refractivity contribution in [1.82, 2.24) is 13.4 Å². The molecule has 0 unspecified atom stereocenters. The first-order chi connectivity index (χ1) is 11.4. The van der Waals surface area contributed by atoms with Gasteiger partial charge in [0.15, 0.2) is 0 Å². The summed E-state index contributed by atoms with van der Waals surface area (Å²) in [4.78, 5) is 26.0. The Labute approximate surface area is 139 Å². The van der Waals surface area contributed by atoms with E-state index in [1.165, 1.54) is 36.3 Å². The quantitative estimate of drug-likeness (QED) is 0.806. The van der Waals surface area contributed by atoms with E-state index in [9.17, 15) is 18.0 Å². The third-order valence-corrected chi connectivity index (χ3v) is 5.27. The van der Waals surface area contributed by atoms with E-state index in [1.54, 1.807) is 13.8 Å². The summed E-state index contributed by atoms with van der Waals surface area (Å²) >= 11 is 0. The Balaban J connectivity index is 2.46. The monoisotopic (exact) mass is 353 g/mol. The minimum atomic E-state index is -4.09. The SMILES string of the molecule is CCN(CC)C(=O)n1ccn(S(=O)(=O)c2ccc(OC)cc2)c1=O. The standard InChI is InChI=1S/C15H19N3O5S/c1-4-16(5-2)14(19)17-10-11-18(15(17)20)24(21,22)13-8-6-12(23-3)7-9-13/h6-11H,4-5H2,1-3H3. The first kappa shape index (κ1) is 17.8. The molecule has 0 saturated heterocycles. The molecule has 0 saturated carbocycles. The van der Waals surface area contributed by atoms with Crippen LogP contribution in [0.4, 0.5) is 4.79 Å². The van der Waals surface area contributed by atoms with Gasteiger partial charge in [0, 0.05) is 25.5 Å². The summed E-state index contributed by atoms with van der Waals surface area (Å²) in [5.41, 5.74) is -0.928. The largest absolute Gasteiger partial charge is 0.497 e. The molecule has 0 aliphatic heterocycles. The Morgan fingerprint density at radius 3 is 2.21 bits per heavy atom. The third-order valence-electron chi connectivity index (χ3n) is 3.60. The first-order valence-electron chi connectivity index (χ1n) is 7.35. The molecule has 1 heterocycles. The first-order valence-corrected chi connectivity index (χ1v) is 8.79. The Hall–Kier alpha value is -2.55. The van der Waals surface area contributed by atoms with Gasteiger partial charge in [-0.3, -0.25) is 0 Å². The van der Waals surface area contributed by atoms with Crippen molar-refractivity contribution in [3.05, 3.63) is 47.1 Å². The van der Waals surface area contributed by atoms with Gasteiger partial charge < -0.3 is 9.64 Å². The van der Waals surface area contributed by atoms with Crippen molar-refractivity contribution in [3.63, 3.8) is 0 Å². The van der Waals surface area contributed by atoms with Crippen LogP contribution in [0, 0.1) is 0 Å². The highest BCUT2D eigenvalue weighted by atomic mass is 32.2. The van der Waals surface area contributed by atoms with Gasteiger partial charge in [0.2, 0.25) is 0 Å². The van der Waals surface area contributed by atoms with Gasteiger partial charge in [0.1, 0.15) is 5.75 Å². The average molecular weight is 353 g/mol. The molecule has 130 valence electrons. The van der Waals surface area contributed by atoms with Crippen molar-refractivity contribution in [2.45, 2.75) is 18.7 Å². The average Bonchev–Trinajstić information content (AvgIpc) is 2.98. The zero-order chi connectivity index (χ0) is 17.9. The predicted octanol–water partition coefficient (Wildman–Crippen LogP) is 1.21. The summed E-state index contributed by atoms with van der Waals surface area (Å²) in [5.74, 6) is 0.496. The van der Waals surface area contributed by atoms with E-state index in [1.807, 2.05) is 0 Å².